The van der Waals surface area contributed by atoms with Crippen molar-refractivity contribution in [3.05, 3.63) is 0 Å². The molecule has 5 nitrogen and oxygen atoms in total. The maximum Gasteiger partial charge on any atom is 0.471 e. The second-order valence-electron chi connectivity index (χ2n) is 5.05. The number of nitrogens with zero attached hydrogens (tertiary/aromatic N) is 1. The van der Waals surface area contributed by atoms with Crippen LogP contribution in [0, 0.1) is 11.3 Å². The third-order valence-corrected chi connectivity index (χ3v) is 3.98. The van der Waals surface area contributed by atoms with Gasteiger partial charge in [0.05, 0.1) is 12.5 Å². The Bertz CT molecular complexity index is 390. The van der Waals surface area contributed by atoms with Gasteiger partial charge in [-0.05, 0) is 12.8 Å². The predicted octanol–water partition coefficient (Wildman–Crippen LogP) is 0.888. The summed E-state index contributed by atoms with van der Waals surface area (Å²) >= 11 is 0. The van der Waals surface area contributed by atoms with Crippen molar-refractivity contribution in [1.29, 1.82) is 0 Å². The number of piperidine rings is 1. The highest BCUT2D eigenvalue weighted by Gasteiger charge is 2.53. The smallest absolute Gasteiger partial charge is 0.471 e. The average Bonchev–Trinajstić information content (AvgIpc) is 2.76. The van der Waals surface area contributed by atoms with Gasteiger partial charge >= 0.3 is 18.1 Å². The molecule has 2 atom stereocenters. The monoisotopic (exact) mass is 281 g/mol. The molecule has 1 spiro atoms. The summed E-state index contributed by atoms with van der Waals surface area (Å²) in [4.78, 5) is 23.0. The van der Waals surface area contributed by atoms with E-state index in [9.17, 15) is 27.9 Å². The van der Waals surface area contributed by atoms with E-state index in [2.05, 4.69) is 0 Å². The molecule has 19 heavy (non-hydrogen) atoms. The molecule has 2 aliphatic rings. The predicted molar refractivity (Wildman–Crippen MR) is 56.2 cm³/mol. The van der Waals surface area contributed by atoms with Crippen molar-refractivity contribution in [2.45, 2.75) is 19.0 Å². The molecule has 0 radical (unpaired) electrons. The molecule has 2 fully saturated rings. The SMILES string of the molecule is O=C(O)C1CN(C(=O)C(F)(F)F)CCC12CCOC2. The Balaban J connectivity index is 2.16. The quantitative estimate of drug-likeness (QED) is 0.775. The van der Waals surface area contributed by atoms with Gasteiger partial charge in [-0.25, -0.2) is 0 Å². The molecular formula is C11H14F3NO4. The Labute approximate surface area is 107 Å². The maximum absolute atomic E-state index is 12.4. The van der Waals surface area contributed by atoms with Crippen molar-refractivity contribution in [3.8, 4) is 0 Å². The molecule has 108 valence electrons. The van der Waals surface area contributed by atoms with Crippen molar-refractivity contribution in [2.24, 2.45) is 11.3 Å². The summed E-state index contributed by atoms with van der Waals surface area (Å²) < 4.78 is 42.3. The number of carbonyl (C=O) groups excluding carboxylic acids is 1. The van der Waals surface area contributed by atoms with Crippen LogP contribution in [-0.2, 0) is 14.3 Å². The number of amides is 1. The number of alkyl halides is 3. The molecule has 0 saturated carbocycles. The Morgan fingerprint density at radius 2 is 2.00 bits per heavy atom. The molecule has 8 heteroatoms. The van der Waals surface area contributed by atoms with E-state index in [4.69, 9.17) is 4.74 Å². The lowest BCUT2D eigenvalue weighted by atomic mass is 9.69. The van der Waals surface area contributed by atoms with Crippen LogP contribution in [-0.4, -0.2) is 54.4 Å². The van der Waals surface area contributed by atoms with Crippen LogP contribution in [0.2, 0.25) is 0 Å². The van der Waals surface area contributed by atoms with E-state index in [-0.39, 0.29) is 19.6 Å². The van der Waals surface area contributed by atoms with Crippen LogP contribution >= 0.6 is 0 Å². The molecular weight excluding hydrogens is 267 g/mol. The van der Waals surface area contributed by atoms with E-state index >= 15 is 0 Å². The zero-order valence-electron chi connectivity index (χ0n) is 10.1. The molecule has 1 amide bonds. The van der Waals surface area contributed by atoms with Crippen molar-refractivity contribution < 1.29 is 32.6 Å². The molecule has 0 aromatic heterocycles. The summed E-state index contributed by atoms with van der Waals surface area (Å²) in [5.41, 5.74) is -0.631. The van der Waals surface area contributed by atoms with Gasteiger partial charge in [0.15, 0.2) is 0 Å². The van der Waals surface area contributed by atoms with E-state index in [1.165, 1.54) is 0 Å². The van der Waals surface area contributed by atoms with Crippen molar-refractivity contribution in [1.82, 2.24) is 4.90 Å². The zero-order valence-corrected chi connectivity index (χ0v) is 10.1. The topological polar surface area (TPSA) is 66.8 Å². The first kappa shape index (κ1) is 14.1. The minimum absolute atomic E-state index is 0.0779. The van der Waals surface area contributed by atoms with Gasteiger partial charge in [-0.15, -0.1) is 0 Å². The average molecular weight is 281 g/mol. The Kier molecular flexibility index (Phi) is 3.46. The number of ether oxygens (including phenoxy) is 1. The molecule has 0 aromatic rings. The highest BCUT2D eigenvalue weighted by molar-refractivity contribution is 5.83. The summed E-state index contributed by atoms with van der Waals surface area (Å²) in [5, 5.41) is 9.19. The lowest BCUT2D eigenvalue weighted by molar-refractivity contribution is -0.190. The molecule has 0 aromatic carbocycles. The first-order valence-corrected chi connectivity index (χ1v) is 5.93. The molecule has 0 aliphatic carbocycles. The standard InChI is InChI=1S/C11H14F3NO4/c12-11(13,14)9(18)15-3-1-10(2-4-19-6-10)7(5-15)8(16)17/h7H,1-6H2,(H,16,17). The fourth-order valence-electron chi connectivity index (χ4n) is 2.84. The van der Waals surface area contributed by atoms with Crippen LogP contribution in [0.25, 0.3) is 0 Å². The molecule has 0 bridgehead atoms. The second-order valence-corrected chi connectivity index (χ2v) is 5.05. The van der Waals surface area contributed by atoms with Gasteiger partial charge in [0.25, 0.3) is 0 Å². The van der Waals surface area contributed by atoms with Crippen molar-refractivity contribution in [2.75, 3.05) is 26.3 Å². The second kappa shape index (κ2) is 4.66. The van der Waals surface area contributed by atoms with Crippen LogP contribution in [0.3, 0.4) is 0 Å². The fraction of sp³-hybridized carbons (Fsp3) is 0.818. The van der Waals surface area contributed by atoms with Crippen LogP contribution in [0.4, 0.5) is 13.2 Å². The van der Waals surface area contributed by atoms with Crippen LogP contribution in [0.5, 0.6) is 0 Å². The van der Waals surface area contributed by atoms with Crippen molar-refractivity contribution in [3.63, 3.8) is 0 Å². The fourth-order valence-corrected chi connectivity index (χ4v) is 2.84. The third kappa shape index (κ3) is 2.54. The molecule has 2 aliphatic heterocycles. The molecule has 2 unspecified atom stereocenters. The van der Waals surface area contributed by atoms with E-state index < -0.39 is 35.9 Å². The lowest BCUT2D eigenvalue weighted by Gasteiger charge is -2.43. The van der Waals surface area contributed by atoms with E-state index in [0.717, 1.165) is 0 Å². The number of hydrogen-bond donors (Lipinski definition) is 1. The Morgan fingerprint density at radius 1 is 1.32 bits per heavy atom. The van der Waals surface area contributed by atoms with E-state index in [0.29, 0.717) is 17.9 Å². The lowest BCUT2D eigenvalue weighted by Crippen LogP contribution is -2.55. The number of halogens is 3. The third-order valence-electron chi connectivity index (χ3n) is 3.98. The summed E-state index contributed by atoms with van der Waals surface area (Å²) in [6.07, 6.45) is -4.22. The number of rotatable bonds is 1. The van der Waals surface area contributed by atoms with Crippen LogP contribution in [0.15, 0.2) is 0 Å². The highest BCUT2D eigenvalue weighted by Crippen LogP contribution is 2.44. The van der Waals surface area contributed by atoms with Gasteiger partial charge in [-0.1, -0.05) is 0 Å². The number of carboxylic acids is 1. The van der Waals surface area contributed by atoms with Gasteiger partial charge in [-0.3, -0.25) is 9.59 Å². The van der Waals surface area contributed by atoms with Gasteiger partial charge < -0.3 is 14.7 Å². The van der Waals surface area contributed by atoms with Gasteiger partial charge in [0, 0.05) is 25.1 Å². The van der Waals surface area contributed by atoms with Gasteiger partial charge in [0.2, 0.25) is 0 Å². The number of carboxylic acid groups (broad SMARTS) is 1. The van der Waals surface area contributed by atoms with Gasteiger partial charge in [-0.2, -0.15) is 13.2 Å². The molecule has 1 N–H and O–H groups in total. The number of aliphatic carboxylic acids is 1. The Hall–Kier alpha value is -1.31. The Morgan fingerprint density at radius 3 is 2.47 bits per heavy atom. The summed E-state index contributed by atoms with van der Waals surface area (Å²) in [5.74, 6) is -4.15. The van der Waals surface area contributed by atoms with Crippen molar-refractivity contribution >= 4 is 11.9 Å². The summed E-state index contributed by atoms with van der Waals surface area (Å²) in [6, 6.07) is 0. The van der Waals surface area contributed by atoms with E-state index in [1.807, 2.05) is 0 Å². The number of hydrogen-bond acceptors (Lipinski definition) is 3. The van der Waals surface area contributed by atoms with Crippen LogP contribution < -0.4 is 0 Å². The zero-order chi connectivity index (χ0) is 14.3. The van der Waals surface area contributed by atoms with Gasteiger partial charge in [0.1, 0.15) is 0 Å². The normalized spacial score (nSPS) is 31.7. The minimum Gasteiger partial charge on any atom is -0.481 e. The molecule has 2 heterocycles. The molecule has 2 saturated heterocycles. The maximum atomic E-state index is 12.4. The first-order chi connectivity index (χ1) is 8.76. The summed E-state index contributed by atoms with van der Waals surface area (Å²) in [6.45, 7) is 0.164. The highest BCUT2D eigenvalue weighted by atomic mass is 19.4. The largest absolute Gasteiger partial charge is 0.481 e. The number of carbonyl (C=O) groups is 2. The first-order valence-electron chi connectivity index (χ1n) is 5.93. The minimum atomic E-state index is -4.96. The number of likely N-dealkylation sites (tertiary alicyclic amines) is 1. The molecule has 2 rings (SSSR count). The van der Waals surface area contributed by atoms with Crippen LogP contribution in [0.1, 0.15) is 12.8 Å². The summed E-state index contributed by atoms with van der Waals surface area (Å²) in [7, 11) is 0. The van der Waals surface area contributed by atoms with E-state index in [1.54, 1.807) is 0 Å².